The van der Waals surface area contributed by atoms with Gasteiger partial charge in [-0.2, -0.15) is 0 Å². The Kier molecular flexibility index (Phi) is 4.12. The minimum atomic E-state index is -0.552. The number of nitrogens with one attached hydrogen (secondary N) is 1. The minimum absolute atomic E-state index is 0.189. The Morgan fingerprint density at radius 2 is 2.00 bits per heavy atom. The van der Waals surface area contributed by atoms with Gasteiger partial charge in [0.05, 0.1) is 28.1 Å². The summed E-state index contributed by atoms with van der Waals surface area (Å²) in [6, 6.07) is 11.9. The molecular formula is C17H13ClN2O3. The lowest BCUT2D eigenvalue weighted by atomic mass is 10.1. The molecule has 6 heteroatoms. The number of esters is 1. The summed E-state index contributed by atoms with van der Waals surface area (Å²) in [5.74, 6) is -0.275. The number of hydrogen-bond acceptors (Lipinski definition) is 4. The van der Waals surface area contributed by atoms with E-state index in [1.54, 1.807) is 49.4 Å². The van der Waals surface area contributed by atoms with E-state index in [1.165, 1.54) is 0 Å². The second-order valence-electron chi connectivity index (χ2n) is 4.81. The van der Waals surface area contributed by atoms with E-state index in [0.29, 0.717) is 16.5 Å². The lowest BCUT2D eigenvalue weighted by Crippen LogP contribution is -2.12. The minimum Gasteiger partial charge on any atom is -0.462 e. The van der Waals surface area contributed by atoms with Gasteiger partial charge < -0.3 is 9.72 Å². The first-order valence-corrected chi connectivity index (χ1v) is 7.44. The summed E-state index contributed by atoms with van der Waals surface area (Å²) in [4.78, 5) is 31.5. The zero-order valence-electron chi connectivity index (χ0n) is 12.3. The third-order valence-electron chi connectivity index (χ3n) is 3.36. The van der Waals surface area contributed by atoms with Crippen molar-refractivity contribution in [3.8, 4) is 11.4 Å². The van der Waals surface area contributed by atoms with Crippen LogP contribution >= 0.6 is 11.6 Å². The lowest BCUT2D eigenvalue weighted by Gasteiger charge is -2.10. The molecule has 0 radical (unpaired) electrons. The van der Waals surface area contributed by atoms with Crippen molar-refractivity contribution >= 4 is 28.5 Å². The van der Waals surface area contributed by atoms with Crippen molar-refractivity contribution < 1.29 is 9.53 Å². The summed E-state index contributed by atoms with van der Waals surface area (Å²) in [5, 5.41) is 0.729. The molecule has 0 saturated carbocycles. The van der Waals surface area contributed by atoms with Gasteiger partial charge in [0.1, 0.15) is 5.82 Å². The van der Waals surface area contributed by atoms with Crippen LogP contribution in [0.3, 0.4) is 0 Å². The summed E-state index contributed by atoms with van der Waals surface area (Å²) in [6.07, 6.45) is 0. The predicted octanol–water partition coefficient (Wildman–Crippen LogP) is 3.42. The van der Waals surface area contributed by atoms with Crippen LogP contribution in [0.4, 0.5) is 0 Å². The topological polar surface area (TPSA) is 72.0 Å². The maximum Gasteiger partial charge on any atom is 0.340 e. The molecule has 0 aliphatic carbocycles. The van der Waals surface area contributed by atoms with Crippen LogP contribution in [0.2, 0.25) is 5.02 Å². The highest BCUT2D eigenvalue weighted by Gasteiger charge is 2.19. The number of hydrogen-bond donors (Lipinski definition) is 1. The Morgan fingerprint density at radius 1 is 1.22 bits per heavy atom. The van der Waals surface area contributed by atoms with Gasteiger partial charge in [-0.15, -0.1) is 0 Å². The normalized spacial score (nSPS) is 10.7. The van der Waals surface area contributed by atoms with Crippen molar-refractivity contribution in [1.29, 1.82) is 0 Å². The molecule has 0 fully saturated rings. The number of H-pyrrole nitrogens is 1. The van der Waals surface area contributed by atoms with Gasteiger partial charge in [0.25, 0.3) is 5.56 Å². The van der Waals surface area contributed by atoms with Crippen molar-refractivity contribution in [2.45, 2.75) is 6.92 Å². The van der Waals surface area contributed by atoms with E-state index in [2.05, 4.69) is 9.97 Å². The molecule has 2 aromatic carbocycles. The quantitative estimate of drug-likeness (QED) is 0.748. The van der Waals surface area contributed by atoms with Crippen LogP contribution in [0.5, 0.6) is 0 Å². The van der Waals surface area contributed by atoms with Gasteiger partial charge in [0, 0.05) is 5.56 Å². The first kappa shape index (κ1) is 15.2. The van der Waals surface area contributed by atoms with Crippen molar-refractivity contribution in [3.63, 3.8) is 0 Å². The molecule has 5 nitrogen and oxygen atoms in total. The number of benzene rings is 2. The van der Waals surface area contributed by atoms with E-state index in [9.17, 15) is 9.59 Å². The van der Waals surface area contributed by atoms with Gasteiger partial charge >= 0.3 is 5.97 Å². The van der Waals surface area contributed by atoms with E-state index in [0.717, 1.165) is 0 Å². The number of fused-ring (bicyclic) bond motifs is 1. The summed E-state index contributed by atoms with van der Waals surface area (Å²) in [6.45, 7) is 1.94. The van der Waals surface area contributed by atoms with Gasteiger partial charge in [-0.1, -0.05) is 35.9 Å². The van der Waals surface area contributed by atoms with Crippen molar-refractivity contribution in [1.82, 2.24) is 9.97 Å². The summed E-state index contributed by atoms with van der Waals surface area (Å²) >= 11 is 6.15. The van der Waals surface area contributed by atoms with Crippen LogP contribution in [0.15, 0.2) is 47.3 Å². The maximum absolute atomic E-state index is 12.2. The average Bonchev–Trinajstić information content (AvgIpc) is 2.54. The van der Waals surface area contributed by atoms with E-state index in [4.69, 9.17) is 16.3 Å². The van der Waals surface area contributed by atoms with E-state index < -0.39 is 5.97 Å². The van der Waals surface area contributed by atoms with Gasteiger partial charge in [0.2, 0.25) is 0 Å². The third-order valence-corrected chi connectivity index (χ3v) is 3.68. The first-order chi connectivity index (χ1) is 11.1. The second kappa shape index (κ2) is 6.22. The highest BCUT2D eigenvalue weighted by molar-refractivity contribution is 6.34. The molecule has 0 bridgehead atoms. The number of carbonyl (C=O) groups excluding carboxylic acids is 1. The van der Waals surface area contributed by atoms with Gasteiger partial charge in [0.15, 0.2) is 0 Å². The number of halogens is 1. The third kappa shape index (κ3) is 2.83. The molecule has 1 aromatic heterocycles. The highest BCUT2D eigenvalue weighted by Crippen LogP contribution is 2.28. The Labute approximate surface area is 136 Å². The van der Waals surface area contributed by atoms with Crippen molar-refractivity contribution in [3.05, 3.63) is 63.4 Å². The van der Waals surface area contributed by atoms with E-state index >= 15 is 0 Å². The van der Waals surface area contributed by atoms with Crippen molar-refractivity contribution in [2.24, 2.45) is 0 Å². The lowest BCUT2D eigenvalue weighted by molar-refractivity contribution is 0.0527. The molecule has 0 spiro atoms. The smallest absolute Gasteiger partial charge is 0.340 e. The molecule has 1 heterocycles. The molecular weight excluding hydrogens is 316 g/mol. The molecule has 116 valence electrons. The van der Waals surface area contributed by atoms with E-state index in [1.807, 2.05) is 0 Å². The first-order valence-electron chi connectivity index (χ1n) is 7.07. The van der Waals surface area contributed by atoms with Gasteiger partial charge in [-0.3, -0.25) is 4.79 Å². The molecule has 0 aliphatic heterocycles. The Bertz CT molecular complexity index is 950. The van der Waals surface area contributed by atoms with Crippen LogP contribution in [0, 0.1) is 0 Å². The molecule has 1 N–H and O–H groups in total. The second-order valence-corrected chi connectivity index (χ2v) is 5.22. The monoisotopic (exact) mass is 328 g/mol. The Hall–Kier alpha value is -2.66. The summed E-state index contributed by atoms with van der Waals surface area (Å²) in [5.41, 5.74) is 0.884. The van der Waals surface area contributed by atoms with Crippen LogP contribution in [0.1, 0.15) is 17.3 Å². The zero-order valence-corrected chi connectivity index (χ0v) is 13.1. The number of ether oxygens (including phenoxy) is 1. The number of rotatable bonds is 3. The number of nitrogens with zero attached hydrogens (tertiary/aromatic N) is 1. The maximum atomic E-state index is 12.2. The molecule has 0 unspecified atom stereocenters. The Morgan fingerprint density at radius 3 is 2.78 bits per heavy atom. The number of aromatic amines is 1. The van der Waals surface area contributed by atoms with Gasteiger partial charge in [-0.05, 0) is 25.1 Å². The fraction of sp³-hybridized carbons (Fsp3) is 0.118. The number of para-hydroxylation sites is 1. The molecule has 0 amide bonds. The zero-order chi connectivity index (χ0) is 16.4. The highest BCUT2D eigenvalue weighted by atomic mass is 35.5. The summed E-state index contributed by atoms with van der Waals surface area (Å²) in [7, 11) is 0. The fourth-order valence-electron chi connectivity index (χ4n) is 2.35. The SMILES string of the molecule is CCOC(=O)c1c(Cl)cccc1-c1nc2ccccc2c(=O)[nH]1. The molecule has 0 aliphatic rings. The largest absolute Gasteiger partial charge is 0.462 e. The Balaban J connectivity index is 2.25. The number of aromatic nitrogens is 2. The molecule has 0 saturated heterocycles. The van der Waals surface area contributed by atoms with E-state index in [-0.39, 0.29) is 28.6 Å². The number of carbonyl (C=O) groups is 1. The van der Waals surface area contributed by atoms with Crippen molar-refractivity contribution in [2.75, 3.05) is 6.61 Å². The molecule has 23 heavy (non-hydrogen) atoms. The average molecular weight is 329 g/mol. The van der Waals surface area contributed by atoms with Crippen LogP contribution in [0.25, 0.3) is 22.3 Å². The summed E-state index contributed by atoms with van der Waals surface area (Å²) < 4.78 is 5.05. The van der Waals surface area contributed by atoms with Gasteiger partial charge in [-0.25, -0.2) is 9.78 Å². The van der Waals surface area contributed by atoms with Crippen LogP contribution in [-0.4, -0.2) is 22.5 Å². The molecule has 3 rings (SSSR count). The molecule has 3 aromatic rings. The predicted molar refractivity (Wildman–Crippen MR) is 88.8 cm³/mol. The molecule has 0 atom stereocenters. The standard InChI is InChI=1S/C17H13ClN2O3/c1-2-23-17(22)14-11(7-5-8-12(14)18)15-19-13-9-4-3-6-10(13)16(21)20-15/h3-9H,2H2,1H3,(H,19,20,21). The van der Waals surface area contributed by atoms with Crippen LogP contribution < -0.4 is 5.56 Å². The fourth-order valence-corrected chi connectivity index (χ4v) is 2.60. The van der Waals surface area contributed by atoms with Crippen LogP contribution in [-0.2, 0) is 4.74 Å².